The molecule has 6 heteroatoms. The van der Waals surface area contributed by atoms with E-state index in [1.807, 2.05) is 0 Å². The Bertz CT molecular complexity index is 1110. The molecule has 0 spiro atoms. The Labute approximate surface area is 373 Å². The van der Waals surface area contributed by atoms with E-state index in [-0.39, 0.29) is 42.7 Å². The molecule has 0 amide bonds. The molecule has 0 radical (unpaired) electrons. The average Bonchev–Trinajstić information content (AvgIpc) is 3.13. The number of nitriles is 1. The molecule has 0 N–H and O–H groups in total. The summed E-state index contributed by atoms with van der Waals surface area (Å²) in [5.41, 5.74) is 0. The molecular formula is C52H86NO2P2Pd+. The molecule has 0 heterocycles. The van der Waals surface area contributed by atoms with Crippen LogP contribution in [0.5, 0.6) is 0 Å². The average molecular weight is 926 g/mol. The van der Waals surface area contributed by atoms with E-state index in [0.29, 0.717) is 0 Å². The van der Waals surface area contributed by atoms with Gasteiger partial charge in [-0.1, -0.05) is 26.7 Å². The third-order valence-electron chi connectivity index (χ3n) is 20.3. The van der Waals surface area contributed by atoms with Gasteiger partial charge in [0.1, 0.15) is 0 Å². The fraction of sp³-hybridized carbons (Fsp3) is 0.942. The number of carbonyl (C=O) groups is 1. The van der Waals surface area contributed by atoms with Gasteiger partial charge in [0.15, 0.2) is 0 Å². The summed E-state index contributed by atoms with van der Waals surface area (Å²) in [5.74, 6) is 14.0. The standard InChI is InChI=1S/2C24H39P.C2H3N.C2H3O2.Pd/c2*1-2-3-4-25(23-11-17-5-18(12-23)7-19(6-17)13-23)24-14-20-8-21(15-24)10-22(9-20)16-24;1-2-3;1-4-2-3;/h2*17-22H,2-16H2,1H3;1H3;2H,1H2;/q;;;-1;/p+2. The van der Waals surface area contributed by atoms with Crippen molar-refractivity contribution in [3.05, 3.63) is 7.11 Å². The number of unbranched alkanes of at least 4 members (excludes halogenated alkanes) is 2. The summed E-state index contributed by atoms with van der Waals surface area (Å²) in [6.45, 7) is 6.61. The van der Waals surface area contributed by atoms with Crippen molar-refractivity contribution in [3.8, 4) is 6.07 Å². The minimum Gasteiger partial charge on any atom is -0.642 e. The SMILES string of the molecule is CC#N.CCCC[PH+](C12CC3CC(CC(C3)C1)C2)C12CC3CC(CC(C3)C1)C2.CCCC[PH+](C12CC3CC(CC(C3)C1)C2)C12CC3CC(CC(C3)C1)C2.[CH2-]OC=O.[Pd]. The van der Waals surface area contributed by atoms with Crippen LogP contribution < -0.4 is 0 Å². The number of hydrogen-bond donors (Lipinski definition) is 0. The first-order valence-corrected chi connectivity index (χ1v) is 29.0. The summed E-state index contributed by atoms with van der Waals surface area (Å²) in [5, 5.41) is 11.0. The van der Waals surface area contributed by atoms with Crippen LogP contribution in [0, 0.1) is 89.5 Å². The summed E-state index contributed by atoms with van der Waals surface area (Å²) in [4.78, 5) is 8.89. The molecule has 0 aromatic rings. The van der Waals surface area contributed by atoms with Crippen molar-refractivity contribution in [1.29, 1.82) is 5.26 Å². The van der Waals surface area contributed by atoms with Crippen LogP contribution in [-0.2, 0) is 30.0 Å². The minimum atomic E-state index is -0.196. The van der Waals surface area contributed by atoms with E-state index in [4.69, 9.17) is 10.1 Å². The third kappa shape index (κ3) is 8.69. The van der Waals surface area contributed by atoms with Gasteiger partial charge in [-0.3, -0.25) is 4.79 Å². The van der Waals surface area contributed by atoms with Gasteiger partial charge in [-0.2, -0.15) is 12.4 Å². The molecule has 16 rings (SSSR count). The van der Waals surface area contributed by atoms with Crippen LogP contribution in [0.15, 0.2) is 0 Å². The molecule has 16 fully saturated rings. The van der Waals surface area contributed by atoms with Crippen LogP contribution in [0.4, 0.5) is 0 Å². The van der Waals surface area contributed by atoms with Crippen LogP contribution in [0.25, 0.3) is 0 Å². The zero-order chi connectivity index (χ0) is 39.4. The van der Waals surface area contributed by atoms with E-state index in [1.165, 1.54) is 90.8 Å². The maximum atomic E-state index is 8.89. The van der Waals surface area contributed by atoms with Gasteiger partial charge < -0.3 is 4.74 Å². The third-order valence-corrected chi connectivity index (χ3v) is 29.6. The second kappa shape index (κ2) is 18.5. The van der Waals surface area contributed by atoms with Gasteiger partial charge in [0.05, 0.1) is 39.0 Å². The van der Waals surface area contributed by atoms with Crippen molar-refractivity contribution < 1.29 is 30.0 Å². The van der Waals surface area contributed by atoms with E-state index in [2.05, 4.69) is 25.7 Å². The Hall–Kier alpha value is 0.482. The van der Waals surface area contributed by atoms with Gasteiger partial charge in [0.25, 0.3) is 6.47 Å². The van der Waals surface area contributed by atoms with Crippen molar-refractivity contribution >= 4 is 22.3 Å². The summed E-state index contributed by atoms with van der Waals surface area (Å²) in [7, 11) is 2.35. The molecule has 0 aliphatic heterocycles. The molecule has 16 bridgehead atoms. The van der Waals surface area contributed by atoms with E-state index in [0.717, 1.165) is 20.6 Å². The normalized spacial score (nSPS) is 49.2. The van der Waals surface area contributed by atoms with Gasteiger partial charge in [-0.25, -0.2) is 0 Å². The van der Waals surface area contributed by atoms with E-state index < -0.39 is 0 Å². The predicted molar refractivity (Wildman–Crippen MR) is 244 cm³/mol. The van der Waals surface area contributed by atoms with Crippen LogP contribution >= 0.6 is 15.8 Å². The van der Waals surface area contributed by atoms with E-state index in [9.17, 15) is 0 Å². The summed E-state index contributed by atoms with van der Waals surface area (Å²) in [6, 6.07) is 1.75. The summed E-state index contributed by atoms with van der Waals surface area (Å²) >= 11 is 0. The van der Waals surface area contributed by atoms with Gasteiger partial charge in [0, 0.05) is 43.2 Å². The van der Waals surface area contributed by atoms with Crippen molar-refractivity contribution in [3.63, 3.8) is 0 Å². The molecule has 0 atom stereocenters. The number of hydrogen-bond acceptors (Lipinski definition) is 3. The van der Waals surface area contributed by atoms with Crippen LogP contribution in [-0.4, -0.2) is 39.4 Å². The molecule has 0 saturated heterocycles. The number of nitrogens with zero attached hydrogens (tertiary/aromatic N) is 1. The molecule has 16 saturated carbocycles. The molecule has 16 aliphatic rings. The topological polar surface area (TPSA) is 50.1 Å². The smallest absolute Gasteiger partial charge is 0.261 e. The molecule has 330 valence electrons. The monoisotopic (exact) mass is 925 g/mol. The Morgan fingerprint density at radius 3 is 0.776 bits per heavy atom. The number of carbonyl (C=O) groups excluding carboxylic acids is 1. The number of rotatable bonds is 11. The first-order chi connectivity index (χ1) is 27.7. The molecule has 0 unspecified atom stereocenters. The second-order valence-corrected chi connectivity index (χ2v) is 31.6. The molecule has 0 aromatic heterocycles. The maximum absolute atomic E-state index is 8.89. The zero-order valence-electron chi connectivity index (χ0n) is 37.5. The molecule has 16 aliphatic carbocycles. The van der Waals surface area contributed by atoms with Crippen LogP contribution in [0.1, 0.15) is 201 Å². The molecular weight excluding hydrogens is 839 g/mol. The van der Waals surface area contributed by atoms with Gasteiger partial charge in [0.2, 0.25) is 0 Å². The first-order valence-electron chi connectivity index (χ1n) is 25.5. The van der Waals surface area contributed by atoms with Crippen molar-refractivity contribution in [2.24, 2.45) is 71.0 Å². The van der Waals surface area contributed by atoms with Crippen LogP contribution in [0.3, 0.4) is 0 Å². The van der Waals surface area contributed by atoms with Crippen molar-refractivity contribution in [2.45, 2.75) is 221 Å². The van der Waals surface area contributed by atoms with Gasteiger partial charge in [-0.15, -0.1) is 0 Å². The number of ether oxygens (including phenoxy) is 1. The Kier molecular flexibility index (Phi) is 14.4. The quantitative estimate of drug-likeness (QED) is 0.0898. The van der Waals surface area contributed by atoms with Gasteiger partial charge >= 0.3 is 0 Å². The predicted octanol–water partition coefficient (Wildman–Crippen LogP) is 14.4. The summed E-state index contributed by atoms with van der Waals surface area (Å²) in [6.07, 6.45) is 49.6. The Morgan fingerprint density at radius 1 is 0.500 bits per heavy atom. The van der Waals surface area contributed by atoms with Crippen molar-refractivity contribution in [2.75, 3.05) is 12.3 Å². The Balaban J connectivity index is 0.000000138. The second-order valence-electron chi connectivity index (χ2n) is 24.4. The Morgan fingerprint density at radius 2 is 0.655 bits per heavy atom. The molecule has 58 heavy (non-hydrogen) atoms. The fourth-order valence-electron chi connectivity index (χ4n) is 20.8. The minimum absolute atomic E-state index is 0. The summed E-state index contributed by atoms with van der Waals surface area (Å²) < 4.78 is 3.61. The molecule has 0 aromatic carbocycles. The maximum Gasteiger partial charge on any atom is 0.261 e. The first kappa shape index (κ1) is 45.1. The van der Waals surface area contributed by atoms with Crippen LogP contribution in [0.2, 0.25) is 0 Å². The zero-order valence-corrected chi connectivity index (χ0v) is 41.1. The van der Waals surface area contributed by atoms with Gasteiger partial charge in [-0.05, 0) is 238 Å². The molecule has 3 nitrogen and oxygen atoms in total. The van der Waals surface area contributed by atoms with Crippen molar-refractivity contribution in [1.82, 2.24) is 0 Å². The largest absolute Gasteiger partial charge is 0.642 e. The fourth-order valence-corrected chi connectivity index (χ4v) is 33.0. The van der Waals surface area contributed by atoms with E-state index in [1.54, 1.807) is 185 Å². The van der Waals surface area contributed by atoms with E-state index >= 15 is 0 Å².